The Morgan fingerprint density at radius 2 is 2.20 bits per heavy atom. The van der Waals surface area contributed by atoms with Crippen LogP contribution in [0.5, 0.6) is 0 Å². The summed E-state index contributed by atoms with van der Waals surface area (Å²) in [6.07, 6.45) is 1.43. The fraction of sp³-hybridized carbons (Fsp3) is 0.125. The van der Waals surface area contributed by atoms with Crippen LogP contribution in [0.15, 0.2) is 40.8 Å². The number of aryl methyl sites for hydroxylation is 1. The van der Waals surface area contributed by atoms with Crippen LogP contribution in [0.4, 0.5) is 5.69 Å². The molecule has 0 fully saturated rings. The van der Waals surface area contributed by atoms with E-state index in [9.17, 15) is 9.59 Å². The monoisotopic (exact) mass is 373 g/mol. The average molecular weight is 374 g/mol. The first-order valence-electron chi connectivity index (χ1n) is 7.40. The van der Waals surface area contributed by atoms with Gasteiger partial charge in [-0.05, 0) is 36.1 Å². The maximum absolute atomic E-state index is 12.4. The summed E-state index contributed by atoms with van der Waals surface area (Å²) in [5.74, 6) is -0.355. The second-order valence-corrected chi connectivity index (χ2v) is 6.87. The predicted molar refractivity (Wildman–Crippen MR) is 97.4 cm³/mol. The standard InChI is InChI=1S/C16H12ClN5O2S/c1-9-2-3-10(17)6-12(9)19-13(23)7-22-16(24)21-8-18-11-4-5-25-14(11)15(21)20-22/h2-6,8H,7H2,1H3,(H,19,23). The van der Waals surface area contributed by atoms with E-state index in [1.807, 2.05) is 24.4 Å². The molecule has 4 aromatic rings. The highest BCUT2D eigenvalue weighted by molar-refractivity contribution is 7.17. The number of rotatable bonds is 3. The number of carbonyl (C=O) groups is 1. The molecular weight excluding hydrogens is 362 g/mol. The summed E-state index contributed by atoms with van der Waals surface area (Å²) in [7, 11) is 0. The number of amides is 1. The molecule has 0 unspecified atom stereocenters. The number of hydrogen-bond donors (Lipinski definition) is 1. The Balaban J connectivity index is 1.66. The summed E-state index contributed by atoms with van der Waals surface area (Å²) in [6.45, 7) is 1.67. The van der Waals surface area contributed by atoms with Crippen LogP contribution in [0, 0.1) is 6.92 Å². The van der Waals surface area contributed by atoms with Crippen molar-refractivity contribution in [2.75, 3.05) is 5.32 Å². The summed E-state index contributed by atoms with van der Waals surface area (Å²) < 4.78 is 3.28. The van der Waals surface area contributed by atoms with E-state index in [-0.39, 0.29) is 12.5 Å². The van der Waals surface area contributed by atoms with Gasteiger partial charge >= 0.3 is 5.69 Å². The molecular formula is C16H12ClN5O2S. The van der Waals surface area contributed by atoms with Crippen molar-refractivity contribution in [3.8, 4) is 0 Å². The van der Waals surface area contributed by atoms with Gasteiger partial charge < -0.3 is 5.32 Å². The lowest BCUT2D eigenvalue weighted by atomic mass is 10.2. The van der Waals surface area contributed by atoms with Crippen LogP contribution in [0.3, 0.4) is 0 Å². The molecule has 0 aliphatic rings. The Morgan fingerprint density at radius 3 is 3.04 bits per heavy atom. The highest BCUT2D eigenvalue weighted by Crippen LogP contribution is 2.22. The van der Waals surface area contributed by atoms with Gasteiger partial charge in [-0.2, -0.15) is 0 Å². The van der Waals surface area contributed by atoms with Gasteiger partial charge in [-0.25, -0.2) is 18.9 Å². The fourth-order valence-electron chi connectivity index (χ4n) is 2.53. The Labute approximate surface area is 150 Å². The number of hydrogen-bond acceptors (Lipinski definition) is 5. The maximum Gasteiger partial charge on any atom is 0.352 e. The highest BCUT2D eigenvalue weighted by atomic mass is 35.5. The minimum absolute atomic E-state index is 0.195. The minimum Gasteiger partial charge on any atom is -0.324 e. The van der Waals surface area contributed by atoms with Crippen molar-refractivity contribution < 1.29 is 4.79 Å². The Kier molecular flexibility index (Phi) is 3.78. The predicted octanol–water partition coefficient (Wildman–Crippen LogP) is 2.71. The van der Waals surface area contributed by atoms with E-state index in [0.717, 1.165) is 20.5 Å². The maximum atomic E-state index is 12.4. The van der Waals surface area contributed by atoms with Crippen LogP contribution in [-0.4, -0.2) is 25.1 Å². The molecule has 0 saturated heterocycles. The molecule has 0 saturated carbocycles. The Hall–Kier alpha value is -2.71. The van der Waals surface area contributed by atoms with Crippen LogP contribution >= 0.6 is 22.9 Å². The molecule has 126 valence electrons. The van der Waals surface area contributed by atoms with E-state index < -0.39 is 5.69 Å². The van der Waals surface area contributed by atoms with Gasteiger partial charge in [-0.1, -0.05) is 17.7 Å². The van der Waals surface area contributed by atoms with Crippen LogP contribution in [0.2, 0.25) is 5.02 Å². The van der Waals surface area contributed by atoms with E-state index in [0.29, 0.717) is 16.4 Å². The molecule has 1 aromatic carbocycles. The third-order valence-electron chi connectivity index (χ3n) is 3.80. The third kappa shape index (κ3) is 2.79. The first-order chi connectivity index (χ1) is 12.0. The van der Waals surface area contributed by atoms with Crippen molar-refractivity contribution in [3.05, 3.63) is 57.0 Å². The Bertz CT molecular complexity index is 1180. The molecule has 9 heteroatoms. The molecule has 4 rings (SSSR count). The molecule has 0 aliphatic heterocycles. The molecule has 3 heterocycles. The third-order valence-corrected chi connectivity index (χ3v) is 4.93. The van der Waals surface area contributed by atoms with Gasteiger partial charge in [0, 0.05) is 10.7 Å². The van der Waals surface area contributed by atoms with E-state index >= 15 is 0 Å². The van der Waals surface area contributed by atoms with Gasteiger partial charge in [0.1, 0.15) is 12.9 Å². The number of fused-ring (bicyclic) bond motifs is 3. The number of thiophene rings is 1. The molecule has 7 nitrogen and oxygen atoms in total. The zero-order valence-corrected chi connectivity index (χ0v) is 14.6. The van der Waals surface area contributed by atoms with Crippen molar-refractivity contribution in [1.82, 2.24) is 19.2 Å². The molecule has 1 N–H and O–H groups in total. The fourth-order valence-corrected chi connectivity index (χ4v) is 3.52. The minimum atomic E-state index is -0.407. The van der Waals surface area contributed by atoms with Gasteiger partial charge in [-0.15, -0.1) is 16.4 Å². The lowest BCUT2D eigenvalue weighted by Crippen LogP contribution is -2.28. The average Bonchev–Trinajstić information content (AvgIpc) is 3.16. The van der Waals surface area contributed by atoms with Crippen LogP contribution in [-0.2, 0) is 11.3 Å². The molecule has 25 heavy (non-hydrogen) atoms. The van der Waals surface area contributed by atoms with Crippen molar-refractivity contribution in [1.29, 1.82) is 0 Å². The summed E-state index contributed by atoms with van der Waals surface area (Å²) in [5.41, 5.74) is 2.35. The summed E-state index contributed by atoms with van der Waals surface area (Å²) in [6, 6.07) is 7.09. The molecule has 0 bridgehead atoms. The summed E-state index contributed by atoms with van der Waals surface area (Å²) in [4.78, 5) is 29.0. The van der Waals surface area contributed by atoms with E-state index in [1.165, 1.54) is 22.1 Å². The van der Waals surface area contributed by atoms with E-state index in [4.69, 9.17) is 11.6 Å². The number of aromatic nitrogens is 4. The van der Waals surface area contributed by atoms with Crippen LogP contribution in [0.25, 0.3) is 15.9 Å². The zero-order chi connectivity index (χ0) is 17.6. The zero-order valence-electron chi connectivity index (χ0n) is 13.1. The molecule has 1 amide bonds. The number of benzene rings is 1. The van der Waals surface area contributed by atoms with Crippen molar-refractivity contribution >= 4 is 50.4 Å². The number of nitrogens with one attached hydrogen (secondary N) is 1. The second-order valence-electron chi connectivity index (χ2n) is 5.52. The van der Waals surface area contributed by atoms with Gasteiger partial charge in [-0.3, -0.25) is 4.79 Å². The first kappa shape index (κ1) is 15.8. The lowest BCUT2D eigenvalue weighted by molar-refractivity contribution is -0.117. The summed E-state index contributed by atoms with van der Waals surface area (Å²) in [5, 5.41) is 9.45. The molecule has 0 atom stereocenters. The van der Waals surface area contributed by atoms with Crippen molar-refractivity contribution in [2.24, 2.45) is 0 Å². The lowest BCUT2D eigenvalue weighted by Gasteiger charge is -2.08. The Morgan fingerprint density at radius 1 is 1.36 bits per heavy atom. The highest BCUT2D eigenvalue weighted by Gasteiger charge is 2.14. The number of halogens is 1. The number of carbonyl (C=O) groups excluding carboxylic acids is 1. The quantitative estimate of drug-likeness (QED) is 0.598. The van der Waals surface area contributed by atoms with E-state index in [1.54, 1.807) is 12.1 Å². The first-order valence-corrected chi connectivity index (χ1v) is 8.66. The van der Waals surface area contributed by atoms with Crippen molar-refractivity contribution in [3.63, 3.8) is 0 Å². The second kappa shape index (κ2) is 5.98. The van der Waals surface area contributed by atoms with Gasteiger partial charge in [0.05, 0.1) is 10.2 Å². The largest absolute Gasteiger partial charge is 0.352 e. The number of nitrogens with zero attached hydrogens (tertiary/aromatic N) is 4. The SMILES string of the molecule is Cc1ccc(Cl)cc1NC(=O)Cn1nc2c3sccc3ncn2c1=O. The summed E-state index contributed by atoms with van der Waals surface area (Å²) >= 11 is 7.41. The van der Waals surface area contributed by atoms with Gasteiger partial charge in [0.2, 0.25) is 5.91 Å². The van der Waals surface area contributed by atoms with Crippen LogP contribution in [0.1, 0.15) is 5.56 Å². The topological polar surface area (TPSA) is 81.3 Å². The molecule has 3 aromatic heterocycles. The molecule has 0 spiro atoms. The molecule has 0 aliphatic carbocycles. The smallest absolute Gasteiger partial charge is 0.324 e. The number of anilines is 1. The van der Waals surface area contributed by atoms with Crippen molar-refractivity contribution in [2.45, 2.75) is 13.5 Å². The van der Waals surface area contributed by atoms with E-state index in [2.05, 4.69) is 15.4 Å². The normalized spacial score (nSPS) is 11.3. The van der Waals surface area contributed by atoms with Crippen LogP contribution < -0.4 is 11.0 Å². The van der Waals surface area contributed by atoms with Gasteiger partial charge in [0.15, 0.2) is 5.65 Å². The molecule has 0 radical (unpaired) electrons. The van der Waals surface area contributed by atoms with Gasteiger partial charge in [0.25, 0.3) is 0 Å².